The summed E-state index contributed by atoms with van der Waals surface area (Å²) in [6.45, 7) is 7.48. The summed E-state index contributed by atoms with van der Waals surface area (Å²) in [7, 11) is 0. The highest BCUT2D eigenvalue weighted by Crippen LogP contribution is 2.51. The number of hydrogen-bond donors (Lipinski definition) is 0. The first-order valence-electron chi connectivity index (χ1n) is 6.60. The van der Waals surface area contributed by atoms with Crippen molar-refractivity contribution in [3.63, 3.8) is 0 Å². The molecule has 0 saturated heterocycles. The van der Waals surface area contributed by atoms with Crippen LogP contribution in [0.4, 0.5) is 0 Å². The van der Waals surface area contributed by atoms with Gasteiger partial charge in [0.2, 0.25) is 0 Å². The minimum atomic E-state index is 0.629. The fourth-order valence-electron chi connectivity index (χ4n) is 2.87. The highest BCUT2D eigenvalue weighted by Gasteiger charge is 2.41. The first kappa shape index (κ1) is 10.5. The average molecular weight is 194 g/mol. The predicted octanol–water partition coefficient (Wildman–Crippen LogP) is 4.64. The van der Waals surface area contributed by atoms with E-state index in [9.17, 15) is 0 Å². The molecule has 0 N–H and O–H groups in total. The summed E-state index contributed by atoms with van der Waals surface area (Å²) in [6, 6.07) is 0. The van der Waals surface area contributed by atoms with Crippen LogP contribution >= 0.6 is 0 Å². The van der Waals surface area contributed by atoms with Gasteiger partial charge in [-0.05, 0) is 42.4 Å². The third-order valence-electron chi connectivity index (χ3n) is 5.13. The van der Waals surface area contributed by atoms with Crippen molar-refractivity contribution in [1.29, 1.82) is 0 Å². The van der Waals surface area contributed by atoms with Gasteiger partial charge in [-0.1, -0.05) is 46.5 Å². The van der Waals surface area contributed by atoms with E-state index in [-0.39, 0.29) is 0 Å². The quantitative estimate of drug-likeness (QED) is 0.598. The summed E-state index contributed by atoms with van der Waals surface area (Å²) >= 11 is 0. The van der Waals surface area contributed by atoms with Gasteiger partial charge < -0.3 is 0 Å². The summed E-state index contributed by atoms with van der Waals surface area (Å²) < 4.78 is 0. The molecule has 82 valence electrons. The number of rotatable bonds is 5. The van der Waals surface area contributed by atoms with E-state index in [0.717, 1.165) is 17.8 Å². The Labute approximate surface area is 89.5 Å². The van der Waals surface area contributed by atoms with Crippen LogP contribution in [0.25, 0.3) is 0 Å². The van der Waals surface area contributed by atoms with E-state index in [1.807, 2.05) is 0 Å². The first-order valence-corrected chi connectivity index (χ1v) is 6.60. The third kappa shape index (κ3) is 2.15. The Morgan fingerprint density at radius 3 is 2.21 bits per heavy atom. The van der Waals surface area contributed by atoms with E-state index in [1.54, 1.807) is 0 Å². The van der Waals surface area contributed by atoms with Gasteiger partial charge in [0.15, 0.2) is 0 Å². The average Bonchev–Trinajstić information content (AvgIpc) is 2.82. The largest absolute Gasteiger partial charge is 0.0620 e. The SMILES string of the molecule is CC(CCC1CCC1)C(C)(C)C1CC1. The molecule has 0 nitrogen and oxygen atoms in total. The Hall–Kier alpha value is 0. The summed E-state index contributed by atoms with van der Waals surface area (Å²) in [5, 5.41) is 0. The molecule has 2 aliphatic carbocycles. The molecule has 1 unspecified atom stereocenters. The minimum absolute atomic E-state index is 0.629. The Bertz CT molecular complexity index is 184. The highest BCUT2D eigenvalue weighted by molar-refractivity contribution is 4.91. The van der Waals surface area contributed by atoms with Gasteiger partial charge in [-0.3, -0.25) is 0 Å². The van der Waals surface area contributed by atoms with Crippen molar-refractivity contribution in [1.82, 2.24) is 0 Å². The van der Waals surface area contributed by atoms with E-state index in [4.69, 9.17) is 0 Å². The molecule has 1 atom stereocenters. The molecule has 0 bridgehead atoms. The van der Waals surface area contributed by atoms with Crippen molar-refractivity contribution in [3.8, 4) is 0 Å². The van der Waals surface area contributed by atoms with E-state index >= 15 is 0 Å². The Morgan fingerprint density at radius 1 is 1.14 bits per heavy atom. The lowest BCUT2D eigenvalue weighted by Crippen LogP contribution is -2.25. The van der Waals surface area contributed by atoms with Crippen LogP contribution < -0.4 is 0 Å². The Morgan fingerprint density at radius 2 is 1.79 bits per heavy atom. The molecular weight excluding hydrogens is 168 g/mol. The smallest absolute Gasteiger partial charge is 0.0300 e. The molecule has 14 heavy (non-hydrogen) atoms. The van der Waals surface area contributed by atoms with E-state index < -0.39 is 0 Å². The van der Waals surface area contributed by atoms with Crippen LogP contribution in [0.5, 0.6) is 0 Å². The van der Waals surface area contributed by atoms with Crippen molar-refractivity contribution >= 4 is 0 Å². The summed E-state index contributed by atoms with van der Waals surface area (Å²) in [6.07, 6.45) is 10.5. The minimum Gasteiger partial charge on any atom is -0.0620 e. The zero-order chi connectivity index (χ0) is 10.2. The fraction of sp³-hybridized carbons (Fsp3) is 1.00. The van der Waals surface area contributed by atoms with Gasteiger partial charge in [-0.25, -0.2) is 0 Å². The van der Waals surface area contributed by atoms with Gasteiger partial charge in [0.05, 0.1) is 0 Å². The first-order chi connectivity index (χ1) is 6.60. The topological polar surface area (TPSA) is 0 Å². The lowest BCUT2D eigenvalue weighted by molar-refractivity contribution is 0.159. The molecule has 2 aliphatic rings. The Balaban J connectivity index is 1.72. The molecule has 2 fully saturated rings. The zero-order valence-corrected chi connectivity index (χ0v) is 10.2. The molecule has 0 aromatic heterocycles. The molecule has 2 saturated carbocycles. The van der Waals surface area contributed by atoms with Crippen LogP contribution in [-0.2, 0) is 0 Å². The highest BCUT2D eigenvalue weighted by atomic mass is 14.5. The molecule has 0 aliphatic heterocycles. The molecule has 0 aromatic rings. The molecule has 0 heterocycles. The van der Waals surface area contributed by atoms with Crippen molar-refractivity contribution in [3.05, 3.63) is 0 Å². The van der Waals surface area contributed by atoms with Crippen LogP contribution in [0, 0.1) is 23.2 Å². The molecule has 0 spiro atoms. The van der Waals surface area contributed by atoms with Gasteiger partial charge in [0.1, 0.15) is 0 Å². The van der Waals surface area contributed by atoms with Crippen LogP contribution in [0.1, 0.15) is 65.7 Å². The maximum atomic E-state index is 2.50. The van der Waals surface area contributed by atoms with Gasteiger partial charge in [0, 0.05) is 0 Å². The maximum Gasteiger partial charge on any atom is -0.0300 e. The normalized spacial score (nSPS) is 25.9. The fourth-order valence-corrected chi connectivity index (χ4v) is 2.87. The summed E-state index contributed by atoms with van der Waals surface area (Å²) in [5.41, 5.74) is 0.629. The zero-order valence-electron chi connectivity index (χ0n) is 10.2. The van der Waals surface area contributed by atoms with Crippen molar-refractivity contribution in [2.45, 2.75) is 65.7 Å². The van der Waals surface area contributed by atoms with Crippen LogP contribution in [0.15, 0.2) is 0 Å². The standard InChI is InChI=1S/C14H26/c1-11(7-8-12-5-4-6-12)14(2,3)13-9-10-13/h11-13H,4-10H2,1-3H3. The monoisotopic (exact) mass is 194 g/mol. The second kappa shape index (κ2) is 3.87. The van der Waals surface area contributed by atoms with Gasteiger partial charge in [0.25, 0.3) is 0 Å². The van der Waals surface area contributed by atoms with Crippen LogP contribution in [-0.4, -0.2) is 0 Å². The predicted molar refractivity (Wildman–Crippen MR) is 62.2 cm³/mol. The lowest BCUT2D eigenvalue weighted by Gasteiger charge is -2.34. The van der Waals surface area contributed by atoms with Gasteiger partial charge in [-0.15, -0.1) is 0 Å². The van der Waals surface area contributed by atoms with Crippen molar-refractivity contribution in [2.75, 3.05) is 0 Å². The van der Waals surface area contributed by atoms with Gasteiger partial charge in [-0.2, -0.15) is 0 Å². The van der Waals surface area contributed by atoms with E-state index in [0.29, 0.717) is 5.41 Å². The molecule has 2 rings (SSSR count). The van der Waals surface area contributed by atoms with Crippen molar-refractivity contribution < 1.29 is 0 Å². The number of hydrogen-bond acceptors (Lipinski definition) is 0. The summed E-state index contributed by atoms with van der Waals surface area (Å²) in [4.78, 5) is 0. The molecule has 0 radical (unpaired) electrons. The molecule has 0 heteroatoms. The maximum absolute atomic E-state index is 2.50. The second-order valence-electron chi connectivity index (χ2n) is 6.37. The second-order valence-corrected chi connectivity index (χ2v) is 6.37. The molecule has 0 aromatic carbocycles. The third-order valence-corrected chi connectivity index (χ3v) is 5.13. The van der Waals surface area contributed by atoms with Crippen LogP contribution in [0.3, 0.4) is 0 Å². The lowest BCUT2D eigenvalue weighted by atomic mass is 9.71. The van der Waals surface area contributed by atoms with Crippen molar-refractivity contribution in [2.24, 2.45) is 23.2 Å². The Kier molecular flexibility index (Phi) is 2.91. The van der Waals surface area contributed by atoms with E-state index in [1.165, 1.54) is 44.9 Å². The molecule has 0 amide bonds. The van der Waals surface area contributed by atoms with Crippen LogP contribution in [0.2, 0.25) is 0 Å². The molecular formula is C14H26. The summed E-state index contributed by atoms with van der Waals surface area (Å²) in [5.74, 6) is 3.10. The van der Waals surface area contributed by atoms with E-state index in [2.05, 4.69) is 20.8 Å². The van der Waals surface area contributed by atoms with Gasteiger partial charge >= 0.3 is 0 Å².